The molecule has 0 bridgehead atoms. The van der Waals surface area contributed by atoms with Gasteiger partial charge in [-0.05, 0) is 19.3 Å². The van der Waals surface area contributed by atoms with E-state index in [1.165, 1.54) is 315 Å². The number of ether oxygens (including phenoxy) is 3. The fourth-order valence-electron chi connectivity index (χ4n) is 11.1. The fourth-order valence-corrected chi connectivity index (χ4v) is 11.1. The SMILES string of the molecule is CCCCCCCCCCCCCCCCCCCCCCCCCCCCCCCCCCCCCC(=O)OCC(COC(=O)CCCCCCCCCCC)OC(=O)CCCCCCCCCCCCCCCC. The van der Waals surface area contributed by atoms with Crippen LogP contribution in [0, 0.1) is 0 Å². The van der Waals surface area contributed by atoms with E-state index in [1.54, 1.807) is 0 Å². The highest BCUT2D eigenvalue weighted by Gasteiger charge is 2.19. The normalized spacial score (nSPS) is 11.9. The molecule has 0 heterocycles. The third-order valence-corrected chi connectivity index (χ3v) is 16.4. The van der Waals surface area contributed by atoms with Crippen molar-refractivity contribution in [3.63, 3.8) is 0 Å². The minimum atomic E-state index is -0.761. The van der Waals surface area contributed by atoms with Gasteiger partial charge in [0.2, 0.25) is 0 Å². The summed E-state index contributed by atoms with van der Waals surface area (Å²) in [6.45, 7) is 6.70. The monoisotopic (exact) mass is 1070 g/mol. The minimum Gasteiger partial charge on any atom is -0.462 e. The van der Waals surface area contributed by atoms with Crippen molar-refractivity contribution in [1.82, 2.24) is 0 Å². The number of hydrogen-bond donors (Lipinski definition) is 0. The molecule has 76 heavy (non-hydrogen) atoms. The summed E-state index contributed by atoms with van der Waals surface area (Å²) in [5.41, 5.74) is 0. The Kier molecular flexibility index (Phi) is 64.5. The molecule has 0 aromatic heterocycles. The van der Waals surface area contributed by atoms with Crippen molar-refractivity contribution in [2.24, 2.45) is 0 Å². The van der Waals surface area contributed by atoms with E-state index in [-0.39, 0.29) is 31.1 Å². The van der Waals surface area contributed by atoms with Gasteiger partial charge < -0.3 is 14.2 Å². The predicted octanol–water partition coefficient (Wildman–Crippen LogP) is 23.8. The Morgan fingerprint density at radius 3 is 0.526 bits per heavy atom. The summed E-state index contributed by atoms with van der Waals surface area (Å²) in [6, 6.07) is 0. The quantitative estimate of drug-likeness (QED) is 0.0343. The van der Waals surface area contributed by atoms with Crippen LogP contribution < -0.4 is 0 Å². The van der Waals surface area contributed by atoms with Crippen LogP contribution in [0.4, 0.5) is 0 Å². The van der Waals surface area contributed by atoms with Crippen LogP contribution in [-0.4, -0.2) is 37.2 Å². The second-order valence-corrected chi connectivity index (χ2v) is 24.2. The molecule has 0 aliphatic carbocycles. The summed E-state index contributed by atoms with van der Waals surface area (Å²) >= 11 is 0. The van der Waals surface area contributed by atoms with E-state index in [0.717, 1.165) is 57.8 Å². The van der Waals surface area contributed by atoms with Gasteiger partial charge >= 0.3 is 17.9 Å². The lowest BCUT2D eigenvalue weighted by Gasteiger charge is -2.18. The fraction of sp³-hybridized carbons (Fsp3) is 0.957. The van der Waals surface area contributed by atoms with Gasteiger partial charge in [0, 0.05) is 19.3 Å². The Morgan fingerprint density at radius 2 is 0.355 bits per heavy atom. The second-order valence-electron chi connectivity index (χ2n) is 24.2. The number of carbonyl (C=O) groups is 3. The maximum absolute atomic E-state index is 12.8. The van der Waals surface area contributed by atoms with Crippen LogP contribution >= 0.6 is 0 Å². The Balaban J connectivity index is 3.90. The van der Waals surface area contributed by atoms with E-state index in [9.17, 15) is 14.4 Å². The Bertz CT molecular complexity index is 1140. The summed E-state index contributed by atoms with van der Waals surface area (Å²) in [6.07, 6.45) is 77.4. The zero-order valence-electron chi connectivity index (χ0n) is 52.1. The molecule has 452 valence electrons. The molecular weight excluding hydrogens is 937 g/mol. The first-order valence-corrected chi connectivity index (χ1v) is 35.0. The van der Waals surface area contributed by atoms with Crippen LogP contribution in [0.3, 0.4) is 0 Å². The average molecular weight is 1070 g/mol. The van der Waals surface area contributed by atoms with Gasteiger partial charge in [0.1, 0.15) is 13.2 Å². The Hall–Kier alpha value is -1.59. The summed E-state index contributed by atoms with van der Waals surface area (Å²) in [7, 11) is 0. The number of unbranched alkanes of at least 4 members (excludes halogenated alkanes) is 55. The van der Waals surface area contributed by atoms with Crippen molar-refractivity contribution >= 4 is 17.9 Å². The molecule has 0 saturated heterocycles. The van der Waals surface area contributed by atoms with Gasteiger partial charge in [-0.15, -0.1) is 0 Å². The van der Waals surface area contributed by atoms with Crippen molar-refractivity contribution in [2.75, 3.05) is 13.2 Å². The van der Waals surface area contributed by atoms with Gasteiger partial charge in [-0.2, -0.15) is 0 Å². The highest BCUT2D eigenvalue weighted by Crippen LogP contribution is 2.19. The maximum atomic E-state index is 12.8. The van der Waals surface area contributed by atoms with E-state index >= 15 is 0 Å². The standard InChI is InChI=1S/C70H136O6/c1-4-7-10-13-16-19-21-23-25-26-27-28-29-30-31-32-33-34-35-36-37-38-39-40-41-42-43-44-45-47-48-51-54-57-60-63-69(72)75-66-67(65-74-68(71)62-59-56-53-50-18-15-12-9-6-3)76-70(73)64-61-58-55-52-49-46-24-22-20-17-14-11-8-5-2/h67H,4-66H2,1-3H3. The minimum absolute atomic E-state index is 0.0612. The van der Waals surface area contributed by atoms with Crippen molar-refractivity contribution in [3.8, 4) is 0 Å². The van der Waals surface area contributed by atoms with E-state index in [4.69, 9.17) is 14.2 Å². The first-order valence-electron chi connectivity index (χ1n) is 35.0. The Morgan fingerprint density at radius 1 is 0.211 bits per heavy atom. The van der Waals surface area contributed by atoms with Gasteiger partial charge in [-0.3, -0.25) is 14.4 Å². The molecule has 0 aliphatic rings. The van der Waals surface area contributed by atoms with Crippen LogP contribution in [0.15, 0.2) is 0 Å². The molecule has 1 atom stereocenters. The van der Waals surface area contributed by atoms with E-state index in [0.29, 0.717) is 19.3 Å². The molecule has 0 N–H and O–H groups in total. The van der Waals surface area contributed by atoms with Crippen LogP contribution in [-0.2, 0) is 28.6 Å². The number of carbonyl (C=O) groups excluding carboxylic acids is 3. The van der Waals surface area contributed by atoms with Crippen LogP contribution in [0.1, 0.15) is 412 Å². The number of esters is 3. The molecule has 0 saturated carbocycles. The molecule has 0 spiro atoms. The first kappa shape index (κ1) is 74.4. The van der Waals surface area contributed by atoms with E-state index in [1.807, 2.05) is 0 Å². The Labute approximate surface area is 476 Å². The van der Waals surface area contributed by atoms with Crippen molar-refractivity contribution in [1.29, 1.82) is 0 Å². The van der Waals surface area contributed by atoms with Gasteiger partial charge in [0.05, 0.1) is 0 Å². The zero-order valence-corrected chi connectivity index (χ0v) is 52.1. The summed E-state index contributed by atoms with van der Waals surface area (Å²) < 4.78 is 16.9. The van der Waals surface area contributed by atoms with Gasteiger partial charge in [-0.1, -0.05) is 374 Å². The predicted molar refractivity (Wildman–Crippen MR) is 330 cm³/mol. The molecule has 0 radical (unpaired) electrons. The van der Waals surface area contributed by atoms with Crippen molar-refractivity contribution < 1.29 is 28.6 Å². The molecule has 0 aromatic rings. The lowest BCUT2D eigenvalue weighted by atomic mass is 10.0. The molecule has 6 nitrogen and oxygen atoms in total. The van der Waals surface area contributed by atoms with Crippen LogP contribution in [0.25, 0.3) is 0 Å². The highest BCUT2D eigenvalue weighted by molar-refractivity contribution is 5.71. The smallest absolute Gasteiger partial charge is 0.306 e. The third-order valence-electron chi connectivity index (χ3n) is 16.4. The largest absolute Gasteiger partial charge is 0.462 e. The first-order chi connectivity index (χ1) is 37.5. The molecule has 0 amide bonds. The van der Waals surface area contributed by atoms with Gasteiger partial charge in [0.15, 0.2) is 6.10 Å². The molecule has 0 aromatic carbocycles. The van der Waals surface area contributed by atoms with Crippen LogP contribution in [0.5, 0.6) is 0 Å². The zero-order chi connectivity index (χ0) is 55.0. The maximum Gasteiger partial charge on any atom is 0.306 e. The van der Waals surface area contributed by atoms with Gasteiger partial charge in [-0.25, -0.2) is 0 Å². The van der Waals surface area contributed by atoms with Crippen molar-refractivity contribution in [3.05, 3.63) is 0 Å². The molecule has 0 rings (SSSR count). The van der Waals surface area contributed by atoms with Crippen molar-refractivity contribution in [2.45, 2.75) is 419 Å². The topological polar surface area (TPSA) is 78.9 Å². The third kappa shape index (κ3) is 63.2. The second kappa shape index (κ2) is 65.9. The molecule has 1 unspecified atom stereocenters. The van der Waals surface area contributed by atoms with E-state index in [2.05, 4.69) is 20.8 Å². The van der Waals surface area contributed by atoms with Gasteiger partial charge in [0.25, 0.3) is 0 Å². The van der Waals surface area contributed by atoms with E-state index < -0.39 is 6.10 Å². The van der Waals surface area contributed by atoms with Crippen LogP contribution in [0.2, 0.25) is 0 Å². The summed E-state index contributed by atoms with van der Waals surface area (Å²) in [5.74, 6) is -0.833. The molecule has 0 aliphatic heterocycles. The summed E-state index contributed by atoms with van der Waals surface area (Å²) in [5, 5.41) is 0. The molecular formula is C70H136O6. The lowest BCUT2D eigenvalue weighted by Crippen LogP contribution is -2.30. The number of rotatable bonds is 66. The summed E-state index contributed by atoms with van der Waals surface area (Å²) in [4.78, 5) is 38.1. The average Bonchev–Trinajstić information content (AvgIpc) is 3.42. The lowest BCUT2D eigenvalue weighted by molar-refractivity contribution is -0.167. The highest BCUT2D eigenvalue weighted by atomic mass is 16.6. The molecule has 0 fully saturated rings. The molecule has 6 heteroatoms. The number of hydrogen-bond acceptors (Lipinski definition) is 6.